The molecule has 0 amide bonds. The Morgan fingerprint density at radius 2 is 1.75 bits per heavy atom. The molecule has 2 aromatic carbocycles. The lowest BCUT2D eigenvalue weighted by atomic mass is 10.00. The van der Waals surface area contributed by atoms with Crippen LogP contribution in [0.25, 0.3) is 0 Å². The lowest BCUT2D eigenvalue weighted by Crippen LogP contribution is -2.31. The number of methoxy groups -OCH3 is 1. The summed E-state index contributed by atoms with van der Waals surface area (Å²) in [6.45, 7) is 1.79. The summed E-state index contributed by atoms with van der Waals surface area (Å²) < 4.78 is 5.39. The van der Waals surface area contributed by atoms with Gasteiger partial charge in [0.25, 0.3) is 0 Å². The molecule has 154 valence electrons. The molecule has 4 heteroatoms. The normalized spacial score (nSPS) is 12.0. The zero-order chi connectivity index (χ0) is 20.0. The van der Waals surface area contributed by atoms with Gasteiger partial charge in [0.2, 0.25) is 0 Å². The maximum Gasteiger partial charge on any atom is 0.141 e. The highest BCUT2D eigenvalue weighted by Crippen LogP contribution is 2.25. The van der Waals surface area contributed by atoms with Crippen molar-refractivity contribution in [2.45, 2.75) is 51.0 Å². The summed E-state index contributed by atoms with van der Waals surface area (Å²) in [5, 5.41) is 7.01. The van der Waals surface area contributed by atoms with Crippen molar-refractivity contribution in [3.05, 3.63) is 59.7 Å². The van der Waals surface area contributed by atoms with Gasteiger partial charge in [-0.05, 0) is 68.5 Å². The van der Waals surface area contributed by atoms with Crippen molar-refractivity contribution in [2.24, 2.45) is 5.73 Å². The minimum atomic E-state index is 0.556. The molecule has 0 aromatic heterocycles. The standard InChI is InChI=1S/C24H37N3O/c1-26-23-19-21(13-15-24(23)28-2)16-18-27-22(11-7-4-8-17-25)14-12-20-9-5-3-6-10-20/h3,5-6,9-10,13,15,19,22,26-27H,4,7-8,11-12,14,16-18,25H2,1-2H3. The van der Waals surface area contributed by atoms with Crippen LogP contribution in [-0.2, 0) is 12.8 Å². The molecular formula is C24H37N3O. The van der Waals surface area contributed by atoms with E-state index in [0.29, 0.717) is 6.04 Å². The van der Waals surface area contributed by atoms with Crippen LogP contribution in [0.4, 0.5) is 5.69 Å². The minimum Gasteiger partial charge on any atom is -0.495 e. The summed E-state index contributed by atoms with van der Waals surface area (Å²) in [7, 11) is 3.64. The van der Waals surface area contributed by atoms with E-state index in [1.165, 1.54) is 36.8 Å². The zero-order valence-electron chi connectivity index (χ0n) is 17.5. The topological polar surface area (TPSA) is 59.3 Å². The van der Waals surface area contributed by atoms with Gasteiger partial charge in [0.05, 0.1) is 12.8 Å². The first-order chi connectivity index (χ1) is 13.8. The molecule has 0 radical (unpaired) electrons. The molecule has 1 atom stereocenters. The molecule has 4 nitrogen and oxygen atoms in total. The molecule has 0 saturated carbocycles. The van der Waals surface area contributed by atoms with Crippen molar-refractivity contribution in [3.63, 3.8) is 0 Å². The van der Waals surface area contributed by atoms with Gasteiger partial charge in [0, 0.05) is 13.1 Å². The van der Waals surface area contributed by atoms with E-state index in [-0.39, 0.29) is 0 Å². The summed E-state index contributed by atoms with van der Waals surface area (Å²) in [6, 6.07) is 17.7. The van der Waals surface area contributed by atoms with Gasteiger partial charge in [0.1, 0.15) is 5.75 Å². The van der Waals surface area contributed by atoms with Crippen LogP contribution in [0.2, 0.25) is 0 Å². The van der Waals surface area contributed by atoms with E-state index >= 15 is 0 Å². The molecule has 0 heterocycles. The van der Waals surface area contributed by atoms with E-state index in [0.717, 1.165) is 43.8 Å². The Balaban J connectivity index is 1.84. The summed E-state index contributed by atoms with van der Waals surface area (Å²) in [6.07, 6.45) is 8.14. The second kappa shape index (κ2) is 13.2. The molecule has 0 aliphatic heterocycles. The van der Waals surface area contributed by atoms with Crippen molar-refractivity contribution in [1.29, 1.82) is 0 Å². The third kappa shape index (κ3) is 7.91. The van der Waals surface area contributed by atoms with E-state index in [2.05, 4.69) is 53.1 Å². The van der Waals surface area contributed by atoms with Gasteiger partial charge in [-0.25, -0.2) is 0 Å². The van der Waals surface area contributed by atoms with Crippen molar-refractivity contribution >= 4 is 5.69 Å². The fourth-order valence-electron chi connectivity index (χ4n) is 3.57. The molecule has 0 aliphatic rings. The number of unbranched alkanes of at least 4 members (excludes halogenated alkanes) is 2. The molecule has 1 unspecified atom stereocenters. The first-order valence-electron chi connectivity index (χ1n) is 10.6. The van der Waals surface area contributed by atoms with Crippen LogP contribution in [0.15, 0.2) is 48.5 Å². The van der Waals surface area contributed by atoms with E-state index in [4.69, 9.17) is 10.5 Å². The third-order valence-corrected chi connectivity index (χ3v) is 5.26. The van der Waals surface area contributed by atoms with Crippen LogP contribution in [0.3, 0.4) is 0 Å². The molecule has 4 N–H and O–H groups in total. The Morgan fingerprint density at radius 3 is 2.46 bits per heavy atom. The predicted molar refractivity (Wildman–Crippen MR) is 120 cm³/mol. The minimum absolute atomic E-state index is 0.556. The summed E-state index contributed by atoms with van der Waals surface area (Å²) in [4.78, 5) is 0. The lowest BCUT2D eigenvalue weighted by Gasteiger charge is -2.19. The van der Waals surface area contributed by atoms with Crippen LogP contribution in [-0.4, -0.2) is 33.3 Å². The molecule has 0 spiro atoms. The highest BCUT2D eigenvalue weighted by atomic mass is 16.5. The van der Waals surface area contributed by atoms with Crippen molar-refractivity contribution < 1.29 is 4.74 Å². The SMILES string of the molecule is CNc1cc(CCNC(CCCCCN)CCc2ccccc2)ccc1OC. The van der Waals surface area contributed by atoms with Gasteiger partial charge in [-0.2, -0.15) is 0 Å². The zero-order valence-corrected chi connectivity index (χ0v) is 17.5. The third-order valence-electron chi connectivity index (χ3n) is 5.26. The van der Waals surface area contributed by atoms with E-state index in [9.17, 15) is 0 Å². The Hall–Kier alpha value is -2.04. The summed E-state index contributed by atoms with van der Waals surface area (Å²) in [5.74, 6) is 0.889. The molecular weight excluding hydrogens is 346 g/mol. The van der Waals surface area contributed by atoms with Gasteiger partial charge in [-0.3, -0.25) is 0 Å². The van der Waals surface area contributed by atoms with Crippen LogP contribution < -0.4 is 21.1 Å². The fraction of sp³-hybridized carbons (Fsp3) is 0.500. The van der Waals surface area contributed by atoms with E-state index in [1.807, 2.05) is 13.1 Å². The number of hydrogen-bond acceptors (Lipinski definition) is 4. The van der Waals surface area contributed by atoms with Gasteiger partial charge < -0.3 is 21.1 Å². The first kappa shape index (κ1) is 22.3. The molecule has 0 bridgehead atoms. The van der Waals surface area contributed by atoms with E-state index in [1.54, 1.807) is 7.11 Å². The van der Waals surface area contributed by atoms with Gasteiger partial charge >= 0.3 is 0 Å². The smallest absolute Gasteiger partial charge is 0.141 e. The predicted octanol–water partition coefficient (Wildman–Crippen LogP) is 4.39. The van der Waals surface area contributed by atoms with Gasteiger partial charge in [-0.15, -0.1) is 0 Å². The molecule has 0 saturated heterocycles. The average Bonchev–Trinajstić information content (AvgIpc) is 2.75. The van der Waals surface area contributed by atoms with Gasteiger partial charge in [-0.1, -0.05) is 49.2 Å². The number of rotatable bonds is 14. The lowest BCUT2D eigenvalue weighted by molar-refractivity contribution is 0.416. The Kier molecular flexibility index (Phi) is 10.5. The van der Waals surface area contributed by atoms with Crippen molar-refractivity contribution in [3.8, 4) is 5.75 Å². The van der Waals surface area contributed by atoms with Gasteiger partial charge in [0.15, 0.2) is 0 Å². The van der Waals surface area contributed by atoms with Crippen LogP contribution in [0.1, 0.15) is 43.2 Å². The summed E-state index contributed by atoms with van der Waals surface area (Å²) in [5.41, 5.74) is 9.43. The second-order valence-corrected chi connectivity index (χ2v) is 7.35. The first-order valence-corrected chi connectivity index (χ1v) is 10.6. The maximum absolute atomic E-state index is 5.64. The maximum atomic E-state index is 5.64. The Labute approximate surface area is 170 Å². The number of nitrogens with one attached hydrogen (secondary N) is 2. The molecule has 2 rings (SSSR count). The van der Waals surface area contributed by atoms with Crippen LogP contribution >= 0.6 is 0 Å². The Bertz CT molecular complexity index is 660. The number of hydrogen-bond donors (Lipinski definition) is 3. The number of anilines is 1. The quantitative estimate of drug-likeness (QED) is 0.424. The summed E-state index contributed by atoms with van der Waals surface area (Å²) >= 11 is 0. The largest absolute Gasteiger partial charge is 0.495 e. The number of benzene rings is 2. The van der Waals surface area contributed by atoms with Crippen molar-refractivity contribution in [2.75, 3.05) is 32.6 Å². The van der Waals surface area contributed by atoms with Crippen LogP contribution in [0, 0.1) is 0 Å². The van der Waals surface area contributed by atoms with Crippen molar-refractivity contribution in [1.82, 2.24) is 5.32 Å². The molecule has 0 aliphatic carbocycles. The molecule has 2 aromatic rings. The number of ether oxygens (including phenoxy) is 1. The monoisotopic (exact) mass is 383 g/mol. The molecule has 0 fully saturated rings. The average molecular weight is 384 g/mol. The highest BCUT2D eigenvalue weighted by molar-refractivity contribution is 5.57. The molecule has 28 heavy (non-hydrogen) atoms. The second-order valence-electron chi connectivity index (χ2n) is 7.35. The fourth-order valence-corrected chi connectivity index (χ4v) is 3.57. The number of nitrogens with two attached hydrogens (primary N) is 1. The number of aryl methyl sites for hydroxylation is 1. The Morgan fingerprint density at radius 1 is 0.929 bits per heavy atom. The van der Waals surface area contributed by atoms with Crippen LogP contribution in [0.5, 0.6) is 5.75 Å². The highest BCUT2D eigenvalue weighted by Gasteiger charge is 2.09. The van der Waals surface area contributed by atoms with E-state index < -0.39 is 0 Å².